The first kappa shape index (κ1) is 17.1. The number of hydrogen-bond donors (Lipinski definition) is 2. The minimum absolute atomic E-state index is 0.0869. The minimum atomic E-state index is -1.00. The zero-order valence-electron chi connectivity index (χ0n) is 13.2. The molecule has 1 heterocycles. The van der Waals surface area contributed by atoms with Crippen LogP contribution < -0.4 is 5.32 Å². The van der Waals surface area contributed by atoms with Gasteiger partial charge in [-0.3, -0.25) is 4.79 Å². The van der Waals surface area contributed by atoms with Crippen molar-refractivity contribution in [3.8, 4) is 10.6 Å². The molecule has 23 heavy (non-hydrogen) atoms. The van der Waals surface area contributed by atoms with E-state index in [9.17, 15) is 14.7 Å². The lowest BCUT2D eigenvalue weighted by Gasteiger charge is -2.19. The van der Waals surface area contributed by atoms with E-state index in [0.717, 1.165) is 10.6 Å². The summed E-state index contributed by atoms with van der Waals surface area (Å²) >= 11 is 1.47. The number of carboxylic acids is 1. The van der Waals surface area contributed by atoms with Crippen LogP contribution in [-0.2, 0) is 16.0 Å². The maximum absolute atomic E-state index is 12.1. The number of nitrogens with zero attached hydrogens (tertiary/aromatic N) is 1. The van der Waals surface area contributed by atoms with E-state index in [2.05, 4.69) is 10.3 Å². The van der Waals surface area contributed by atoms with Crippen LogP contribution in [0.2, 0.25) is 0 Å². The van der Waals surface area contributed by atoms with Crippen LogP contribution in [0.3, 0.4) is 0 Å². The van der Waals surface area contributed by atoms with Crippen molar-refractivity contribution in [2.75, 3.05) is 0 Å². The van der Waals surface area contributed by atoms with Gasteiger partial charge >= 0.3 is 5.97 Å². The lowest BCUT2D eigenvalue weighted by molar-refractivity contribution is -0.143. The maximum atomic E-state index is 12.1. The second-order valence-electron chi connectivity index (χ2n) is 5.46. The smallest absolute Gasteiger partial charge is 0.326 e. The van der Waals surface area contributed by atoms with Gasteiger partial charge in [-0.1, -0.05) is 50.6 Å². The third-order valence-electron chi connectivity index (χ3n) is 3.71. The molecule has 0 radical (unpaired) electrons. The Morgan fingerprint density at radius 1 is 1.30 bits per heavy atom. The van der Waals surface area contributed by atoms with Crippen LogP contribution in [0.25, 0.3) is 10.6 Å². The van der Waals surface area contributed by atoms with Gasteiger partial charge in [0.05, 0.1) is 12.1 Å². The molecule has 2 rings (SSSR count). The van der Waals surface area contributed by atoms with E-state index < -0.39 is 12.0 Å². The highest BCUT2D eigenvalue weighted by Crippen LogP contribution is 2.23. The lowest BCUT2D eigenvalue weighted by Crippen LogP contribution is -2.45. The monoisotopic (exact) mass is 332 g/mol. The Bertz CT molecular complexity index is 669. The molecular formula is C17H20N2O3S. The van der Waals surface area contributed by atoms with Gasteiger partial charge in [-0.05, 0) is 5.92 Å². The Morgan fingerprint density at radius 3 is 2.61 bits per heavy atom. The number of benzene rings is 1. The summed E-state index contributed by atoms with van der Waals surface area (Å²) in [7, 11) is 0. The highest BCUT2D eigenvalue weighted by molar-refractivity contribution is 7.13. The van der Waals surface area contributed by atoms with Crippen molar-refractivity contribution in [2.24, 2.45) is 5.92 Å². The maximum Gasteiger partial charge on any atom is 0.326 e. The zero-order valence-corrected chi connectivity index (χ0v) is 14.0. The zero-order chi connectivity index (χ0) is 16.8. The first-order valence-electron chi connectivity index (χ1n) is 7.53. The minimum Gasteiger partial charge on any atom is -0.480 e. The van der Waals surface area contributed by atoms with Crippen molar-refractivity contribution >= 4 is 23.2 Å². The molecule has 0 unspecified atom stereocenters. The molecule has 2 N–H and O–H groups in total. The van der Waals surface area contributed by atoms with Crippen LogP contribution in [-0.4, -0.2) is 28.0 Å². The number of hydrogen-bond acceptors (Lipinski definition) is 4. The molecule has 0 saturated heterocycles. The third kappa shape index (κ3) is 4.63. The topological polar surface area (TPSA) is 79.3 Å². The quantitative estimate of drug-likeness (QED) is 0.817. The van der Waals surface area contributed by atoms with Gasteiger partial charge in [0.1, 0.15) is 11.0 Å². The summed E-state index contributed by atoms with van der Waals surface area (Å²) in [5.41, 5.74) is 1.66. The number of carbonyl (C=O) groups excluding carboxylic acids is 1. The molecule has 1 aromatic carbocycles. The van der Waals surface area contributed by atoms with E-state index in [1.54, 1.807) is 0 Å². The Labute approximate surface area is 139 Å². The Kier molecular flexibility index (Phi) is 5.87. The van der Waals surface area contributed by atoms with E-state index in [4.69, 9.17) is 0 Å². The number of carbonyl (C=O) groups is 2. The predicted octanol–water partition coefficient (Wildman–Crippen LogP) is 2.97. The standard InChI is InChI=1S/C17H20N2O3S/c1-3-11(2)15(17(21)22)19-14(20)9-13-10-23-16(18-13)12-7-5-4-6-8-12/h4-8,10-11,15H,3,9H2,1-2H3,(H,19,20)(H,21,22)/t11-,15-/m1/s1. The van der Waals surface area contributed by atoms with Crippen LogP contribution in [0.1, 0.15) is 26.0 Å². The third-order valence-corrected chi connectivity index (χ3v) is 4.65. The predicted molar refractivity (Wildman–Crippen MR) is 90.3 cm³/mol. The normalized spacial score (nSPS) is 13.3. The van der Waals surface area contributed by atoms with Crippen LogP contribution in [0.15, 0.2) is 35.7 Å². The highest BCUT2D eigenvalue weighted by Gasteiger charge is 2.25. The van der Waals surface area contributed by atoms with Crippen LogP contribution >= 0.6 is 11.3 Å². The average molecular weight is 332 g/mol. The van der Waals surface area contributed by atoms with Crippen molar-refractivity contribution in [1.82, 2.24) is 10.3 Å². The number of aliphatic carboxylic acids is 1. The summed E-state index contributed by atoms with van der Waals surface area (Å²) in [5.74, 6) is -1.44. The van der Waals surface area contributed by atoms with Gasteiger partial charge < -0.3 is 10.4 Å². The summed E-state index contributed by atoms with van der Waals surface area (Å²) < 4.78 is 0. The van der Waals surface area contributed by atoms with Crippen molar-refractivity contribution in [1.29, 1.82) is 0 Å². The molecule has 0 saturated carbocycles. The lowest BCUT2D eigenvalue weighted by atomic mass is 9.99. The fraction of sp³-hybridized carbons (Fsp3) is 0.353. The number of carboxylic acid groups (broad SMARTS) is 1. The van der Waals surface area contributed by atoms with Crippen molar-refractivity contribution in [3.63, 3.8) is 0 Å². The summed E-state index contributed by atoms with van der Waals surface area (Å²) in [5, 5.41) is 14.5. The second kappa shape index (κ2) is 7.87. The first-order chi connectivity index (χ1) is 11.0. The summed E-state index contributed by atoms with van der Waals surface area (Å²) in [4.78, 5) is 27.8. The van der Waals surface area contributed by atoms with Gasteiger partial charge in [0.2, 0.25) is 5.91 Å². The van der Waals surface area contributed by atoms with E-state index in [-0.39, 0.29) is 18.2 Å². The molecule has 0 spiro atoms. The fourth-order valence-electron chi connectivity index (χ4n) is 2.17. The van der Waals surface area contributed by atoms with Gasteiger partial charge in [0.15, 0.2) is 0 Å². The molecule has 0 fully saturated rings. The Hall–Kier alpha value is -2.21. The number of thiazole rings is 1. The van der Waals surface area contributed by atoms with E-state index >= 15 is 0 Å². The van der Waals surface area contributed by atoms with E-state index in [0.29, 0.717) is 12.1 Å². The number of nitrogens with one attached hydrogen (secondary N) is 1. The molecule has 6 heteroatoms. The number of amides is 1. The van der Waals surface area contributed by atoms with Crippen LogP contribution in [0.5, 0.6) is 0 Å². The summed E-state index contributed by atoms with van der Waals surface area (Å²) in [6, 6.07) is 8.88. The van der Waals surface area contributed by atoms with Crippen molar-refractivity contribution < 1.29 is 14.7 Å². The van der Waals surface area contributed by atoms with E-state index in [1.807, 2.05) is 49.6 Å². The molecule has 0 aliphatic carbocycles. The molecule has 1 amide bonds. The largest absolute Gasteiger partial charge is 0.480 e. The second-order valence-corrected chi connectivity index (χ2v) is 6.31. The summed E-state index contributed by atoms with van der Waals surface area (Å²) in [6.45, 7) is 3.72. The molecule has 2 aromatic rings. The van der Waals surface area contributed by atoms with Gasteiger partial charge in [-0.15, -0.1) is 11.3 Å². The highest BCUT2D eigenvalue weighted by atomic mass is 32.1. The van der Waals surface area contributed by atoms with Gasteiger partial charge in [-0.25, -0.2) is 9.78 Å². The Morgan fingerprint density at radius 2 is 2.00 bits per heavy atom. The molecule has 0 aliphatic rings. The van der Waals surface area contributed by atoms with E-state index in [1.165, 1.54) is 11.3 Å². The fourth-order valence-corrected chi connectivity index (χ4v) is 3.00. The van der Waals surface area contributed by atoms with Gasteiger partial charge in [0, 0.05) is 10.9 Å². The van der Waals surface area contributed by atoms with Crippen LogP contribution in [0.4, 0.5) is 0 Å². The molecule has 0 aliphatic heterocycles. The molecule has 122 valence electrons. The number of rotatable bonds is 7. The van der Waals surface area contributed by atoms with Crippen LogP contribution in [0, 0.1) is 5.92 Å². The average Bonchev–Trinajstić information content (AvgIpc) is 3.01. The molecule has 1 aromatic heterocycles. The van der Waals surface area contributed by atoms with Crippen molar-refractivity contribution in [2.45, 2.75) is 32.7 Å². The Balaban J connectivity index is 2.01. The van der Waals surface area contributed by atoms with Gasteiger partial charge in [-0.2, -0.15) is 0 Å². The number of aromatic nitrogens is 1. The first-order valence-corrected chi connectivity index (χ1v) is 8.41. The molecule has 5 nitrogen and oxygen atoms in total. The van der Waals surface area contributed by atoms with Crippen molar-refractivity contribution in [3.05, 3.63) is 41.4 Å². The SMILES string of the molecule is CC[C@@H](C)[C@@H](NC(=O)Cc1csc(-c2ccccc2)n1)C(=O)O. The molecular weight excluding hydrogens is 312 g/mol. The molecule has 0 bridgehead atoms. The molecule has 2 atom stereocenters. The van der Waals surface area contributed by atoms with Gasteiger partial charge in [0.25, 0.3) is 0 Å². The summed E-state index contributed by atoms with van der Waals surface area (Å²) in [6.07, 6.45) is 0.773.